The first kappa shape index (κ1) is 14.8. The smallest absolute Gasteiger partial charge is 0.160 e. The number of aromatic nitrogens is 4. The minimum absolute atomic E-state index is 0.483. The van der Waals surface area contributed by atoms with Gasteiger partial charge in [0.1, 0.15) is 6.33 Å². The fourth-order valence-electron chi connectivity index (χ4n) is 4.22. The van der Waals surface area contributed by atoms with Crippen molar-refractivity contribution in [3.05, 3.63) is 36.8 Å². The Labute approximate surface area is 137 Å². The first-order valence-electron chi connectivity index (χ1n) is 8.95. The summed E-state index contributed by atoms with van der Waals surface area (Å²) in [4.78, 5) is 16.2. The van der Waals surface area contributed by atoms with E-state index in [9.17, 15) is 0 Å². The van der Waals surface area contributed by atoms with Gasteiger partial charge in [-0.05, 0) is 32.2 Å². The second-order valence-electron chi connectivity index (χ2n) is 6.86. The van der Waals surface area contributed by atoms with Gasteiger partial charge in [0.2, 0.25) is 0 Å². The highest BCUT2D eigenvalue weighted by molar-refractivity contribution is 5.31. The maximum absolute atomic E-state index is 4.70. The van der Waals surface area contributed by atoms with E-state index < -0.39 is 0 Å². The summed E-state index contributed by atoms with van der Waals surface area (Å²) in [6, 6.07) is 0.792. The Morgan fingerprint density at radius 2 is 1.78 bits per heavy atom. The molecule has 3 heterocycles. The molecule has 2 aromatic heterocycles. The molecule has 4 rings (SSSR count). The van der Waals surface area contributed by atoms with Gasteiger partial charge in [-0.2, -0.15) is 0 Å². The van der Waals surface area contributed by atoms with Crippen molar-refractivity contribution in [2.45, 2.75) is 56.9 Å². The van der Waals surface area contributed by atoms with E-state index in [2.05, 4.69) is 14.9 Å². The first-order chi connectivity index (χ1) is 11.4. The van der Waals surface area contributed by atoms with Gasteiger partial charge in [0, 0.05) is 43.3 Å². The zero-order valence-electron chi connectivity index (χ0n) is 13.6. The molecular weight excluding hydrogens is 286 g/mol. The molecule has 5 nitrogen and oxygen atoms in total. The summed E-state index contributed by atoms with van der Waals surface area (Å²) in [6.07, 6.45) is 18.6. The summed E-state index contributed by atoms with van der Waals surface area (Å²) in [5.41, 5.74) is 1.13. The van der Waals surface area contributed by atoms with E-state index in [1.807, 2.05) is 23.3 Å². The zero-order chi connectivity index (χ0) is 15.5. The van der Waals surface area contributed by atoms with Crippen LogP contribution < -0.4 is 0 Å². The third-order valence-corrected chi connectivity index (χ3v) is 5.39. The third-order valence-electron chi connectivity index (χ3n) is 5.39. The Morgan fingerprint density at radius 3 is 2.61 bits per heavy atom. The van der Waals surface area contributed by atoms with E-state index in [1.54, 1.807) is 12.4 Å². The summed E-state index contributed by atoms with van der Waals surface area (Å²) in [6.45, 7) is 2.38. The second kappa shape index (κ2) is 6.79. The van der Waals surface area contributed by atoms with Gasteiger partial charge in [0.15, 0.2) is 5.82 Å². The van der Waals surface area contributed by atoms with Crippen molar-refractivity contribution < 1.29 is 0 Å². The molecule has 0 bridgehead atoms. The van der Waals surface area contributed by atoms with Crippen LogP contribution >= 0.6 is 0 Å². The lowest BCUT2D eigenvalue weighted by molar-refractivity contribution is 0.118. The molecule has 23 heavy (non-hydrogen) atoms. The predicted octanol–water partition coefficient (Wildman–Crippen LogP) is 3.17. The summed E-state index contributed by atoms with van der Waals surface area (Å²) in [7, 11) is 0. The van der Waals surface area contributed by atoms with E-state index >= 15 is 0 Å². The van der Waals surface area contributed by atoms with E-state index in [-0.39, 0.29) is 0 Å². The molecule has 0 radical (unpaired) electrons. The normalized spacial score (nSPS) is 23.9. The number of piperidine rings is 1. The van der Waals surface area contributed by atoms with Crippen LogP contribution in [0.25, 0.3) is 5.82 Å². The van der Waals surface area contributed by atoms with Crippen LogP contribution in [0.2, 0.25) is 0 Å². The van der Waals surface area contributed by atoms with Crippen LogP contribution in [0.5, 0.6) is 0 Å². The maximum Gasteiger partial charge on any atom is 0.160 e. The van der Waals surface area contributed by atoms with Crippen molar-refractivity contribution in [3.8, 4) is 5.82 Å². The Hall–Kier alpha value is -1.75. The Balaban J connectivity index is 1.56. The predicted molar refractivity (Wildman–Crippen MR) is 89.6 cm³/mol. The monoisotopic (exact) mass is 311 g/mol. The Bertz CT molecular complexity index is 618. The van der Waals surface area contributed by atoms with Crippen LogP contribution in [0, 0.1) is 0 Å². The van der Waals surface area contributed by atoms with Crippen molar-refractivity contribution in [1.82, 2.24) is 24.4 Å². The van der Waals surface area contributed by atoms with Gasteiger partial charge >= 0.3 is 0 Å². The second-order valence-corrected chi connectivity index (χ2v) is 6.86. The molecule has 1 atom stereocenters. The van der Waals surface area contributed by atoms with Gasteiger partial charge in [-0.1, -0.05) is 19.3 Å². The molecule has 1 aliphatic heterocycles. The highest BCUT2D eigenvalue weighted by atomic mass is 15.2. The summed E-state index contributed by atoms with van der Waals surface area (Å²) in [5, 5.41) is 0. The molecule has 2 aromatic rings. The Kier molecular flexibility index (Phi) is 4.37. The van der Waals surface area contributed by atoms with Crippen molar-refractivity contribution in [1.29, 1.82) is 0 Å². The fourth-order valence-corrected chi connectivity index (χ4v) is 4.22. The van der Waals surface area contributed by atoms with Crippen LogP contribution in [-0.4, -0.2) is 43.6 Å². The summed E-state index contributed by atoms with van der Waals surface area (Å²) >= 11 is 0. The zero-order valence-corrected chi connectivity index (χ0v) is 13.6. The molecular formula is C18H25N5. The van der Waals surface area contributed by atoms with E-state index in [0.717, 1.165) is 24.1 Å². The molecule has 1 saturated heterocycles. The lowest BCUT2D eigenvalue weighted by Gasteiger charge is -2.40. The van der Waals surface area contributed by atoms with Gasteiger partial charge in [-0.25, -0.2) is 9.97 Å². The van der Waals surface area contributed by atoms with Crippen molar-refractivity contribution in [2.75, 3.05) is 13.1 Å². The van der Waals surface area contributed by atoms with E-state index in [4.69, 9.17) is 4.98 Å². The third kappa shape index (κ3) is 3.15. The number of rotatable bonds is 3. The molecule has 0 unspecified atom stereocenters. The quantitative estimate of drug-likeness (QED) is 0.873. The molecule has 1 saturated carbocycles. The lowest BCUT2D eigenvalue weighted by Crippen LogP contribution is -2.43. The number of hydrogen-bond acceptors (Lipinski definition) is 4. The van der Waals surface area contributed by atoms with Gasteiger partial charge in [0.25, 0.3) is 0 Å². The number of imidazole rings is 1. The number of hydrogen-bond donors (Lipinski definition) is 0. The average Bonchev–Trinajstić information content (AvgIpc) is 3.17. The van der Waals surface area contributed by atoms with Gasteiger partial charge in [-0.15, -0.1) is 0 Å². The average molecular weight is 311 g/mol. The standard InChI is InChI=1S/C18H25N5/c1-2-6-16(7-3-1)22-11-4-5-15(13-22)17-18(21-9-8-20-17)23-12-10-19-14-23/h8-10,12,14-16H,1-7,11,13H2/t15-/m1/s1. The van der Waals surface area contributed by atoms with Crippen LogP contribution in [0.15, 0.2) is 31.1 Å². The molecule has 1 aliphatic carbocycles. The van der Waals surface area contributed by atoms with Gasteiger partial charge < -0.3 is 0 Å². The Morgan fingerprint density at radius 1 is 0.913 bits per heavy atom. The van der Waals surface area contributed by atoms with E-state index in [0.29, 0.717) is 5.92 Å². The maximum atomic E-state index is 4.70. The van der Waals surface area contributed by atoms with Crippen molar-refractivity contribution in [3.63, 3.8) is 0 Å². The van der Waals surface area contributed by atoms with Gasteiger partial charge in [-0.3, -0.25) is 14.5 Å². The molecule has 2 aliphatic rings. The fraction of sp³-hybridized carbons (Fsp3) is 0.611. The molecule has 0 spiro atoms. The largest absolute Gasteiger partial charge is 0.300 e. The number of nitrogens with zero attached hydrogens (tertiary/aromatic N) is 5. The molecule has 5 heteroatoms. The van der Waals surface area contributed by atoms with Crippen LogP contribution in [0.3, 0.4) is 0 Å². The minimum Gasteiger partial charge on any atom is -0.300 e. The highest BCUT2D eigenvalue weighted by Crippen LogP contribution is 2.32. The first-order valence-corrected chi connectivity index (χ1v) is 8.95. The molecule has 0 amide bonds. The van der Waals surface area contributed by atoms with Crippen molar-refractivity contribution >= 4 is 0 Å². The van der Waals surface area contributed by atoms with Crippen molar-refractivity contribution in [2.24, 2.45) is 0 Å². The summed E-state index contributed by atoms with van der Waals surface area (Å²) in [5.74, 6) is 1.43. The molecule has 122 valence electrons. The molecule has 2 fully saturated rings. The highest BCUT2D eigenvalue weighted by Gasteiger charge is 2.29. The van der Waals surface area contributed by atoms with Gasteiger partial charge in [0.05, 0.1) is 5.69 Å². The summed E-state index contributed by atoms with van der Waals surface area (Å²) < 4.78 is 1.99. The van der Waals surface area contributed by atoms with Crippen LogP contribution in [0.1, 0.15) is 56.6 Å². The topological polar surface area (TPSA) is 46.8 Å². The van der Waals surface area contributed by atoms with E-state index in [1.165, 1.54) is 51.5 Å². The SMILES string of the molecule is c1cn(-c2nccnc2[C@@H]2CCCN(C3CCCCC3)C2)cn1. The molecule has 0 aromatic carbocycles. The lowest BCUT2D eigenvalue weighted by atomic mass is 9.89. The van der Waals surface area contributed by atoms with Crippen LogP contribution in [-0.2, 0) is 0 Å². The minimum atomic E-state index is 0.483. The molecule has 0 N–H and O–H groups in total. The van der Waals surface area contributed by atoms with Crippen LogP contribution in [0.4, 0.5) is 0 Å². The number of likely N-dealkylation sites (tertiary alicyclic amines) is 1.